The molecule has 7 heteroatoms. The van der Waals surface area contributed by atoms with Crippen molar-refractivity contribution in [3.05, 3.63) is 52.9 Å². The Balaban J connectivity index is 1.73. The van der Waals surface area contributed by atoms with Crippen molar-refractivity contribution in [2.45, 2.75) is 57.4 Å². The minimum absolute atomic E-state index is 0.0710. The zero-order chi connectivity index (χ0) is 21.5. The molecule has 0 spiro atoms. The average molecular weight is 456 g/mol. The summed E-state index contributed by atoms with van der Waals surface area (Å²) in [7, 11) is 4.43. The van der Waals surface area contributed by atoms with Crippen LogP contribution in [-0.4, -0.2) is 31.7 Å². The number of oxazole rings is 1. The summed E-state index contributed by atoms with van der Waals surface area (Å²) in [6.45, 7) is 8.50. The maximum Gasteiger partial charge on any atom is 0.243 e. The lowest BCUT2D eigenvalue weighted by Crippen LogP contribution is -2.50. The van der Waals surface area contributed by atoms with E-state index >= 15 is 0 Å². The number of aryl methyl sites for hydroxylation is 2. The Bertz CT molecular complexity index is 1270. The predicted octanol–water partition coefficient (Wildman–Crippen LogP) is 5.50. The number of benzene rings is 1. The van der Waals surface area contributed by atoms with Crippen molar-refractivity contribution < 1.29 is 8.63 Å². The Morgan fingerprint density at radius 2 is 2.16 bits per heavy atom. The normalized spacial score (nSPS) is 26.1. The number of aromatic nitrogens is 2. The average Bonchev–Trinajstić information content (AvgIpc) is 3.29. The molecule has 2 aromatic heterocycles. The van der Waals surface area contributed by atoms with Gasteiger partial charge in [-0.2, -0.15) is 0 Å². The monoisotopic (exact) mass is 455 g/mol. The van der Waals surface area contributed by atoms with Gasteiger partial charge in [-0.3, -0.25) is 4.90 Å². The minimum Gasteiger partial charge on any atom is -0.440 e. The van der Waals surface area contributed by atoms with Gasteiger partial charge in [0.1, 0.15) is 21.5 Å². The van der Waals surface area contributed by atoms with E-state index in [0.29, 0.717) is 16.8 Å². The molecule has 0 saturated carbocycles. The van der Waals surface area contributed by atoms with Crippen molar-refractivity contribution in [3.63, 3.8) is 0 Å². The maximum atomic E-state index is 12.1. The van der Waals surface area contributed by atoms with E-state index in [9.17, 15) is 4.21 Å². The van der Waals surface area contributed by atoms with Gasteiger partial charge in [0.25, 0.3) is 0 Å². The van der Waals surface area contributed by atoms with Crippen LogP contribution >= 0.6 is 10.7 Å². The smallest absolute Gasteiger partial charge is 0.243 e. The van der Waals surface area contributed by atoms with Crippen LogP contribution in [0.1, 0.15) is 60.8 Å². The molecule has 162 valence electrons. The van der Waals surface area contributed by atoms with Gasteiger partial charge in [0.05, 0.1) is 22.1 Å². The lowest BCUT2D eigenvalue weighted by Gasteiger charge is -2.53. The fraction of sp³-hybridized carbons (Fsp3) is 0.458. The fourth-order valence-corrected chi connectivity index (χ4v) is 6.81. The van der Waals surface area contributed by atoms with Crippen LogP contribution in [0, 0.1) is 19.3 Å². The van der Waals surface area contributed by atoms with Gasteiger partial charge in [0, 0.05) is 23.0 Å². The molecule has 0 bridgehead atoms. The van der Waals surface area contributed by atoms with Gasteiger partial charge in [0.15, 0.2) is 0 Å². The summed E-state index contributed by atoms with van der Waals surface area (Å²) in [5, 5.41) is 1.23. The molecule has 31 heavy (non-hydrogen) atoms. The quantitative estimate of drug-likeness (QED) is 0.489. The molecule has 1 saturated heterocycles. The molecule has 3 aromatic rings. The highest BCUT2D eigenvalue weighted by molar-refractivity contribution is 8.08. The second-order valence-electron chi connectivity index (χ2n) is 9.17. The Kier molecular flexibility index (Phi) is 4.34. The van der Waals surface area contributed by atoms with E-state index in [4.69, 9.17) is 20.1 Å². The number of rotatable bonds is 3. The summed E-state index contributed by atoms with van der Waals surface area (Å²) in [6, 6.07) is 6.34. The van der Waals surface area contributed by atoms with E-state index in [1.807, 2.05) is 26.0 Å². The third-order valence-electron chi connectivity index (χ3n) is 7.75. The van der Waals surface area contributed by atoms with E-state index in [-0.39, 0.29) is 5.41 Å². The van der Waals surface area contributed by atoms with Crippen molar-refractivity contribution in [1.29, 1.82) is 0 Å². The minimum atomic E-state index is -1.55. The summed E-state index contributed by atoms with van der Waals surface area (Å²) in [5.41, 5.74) is 5.83. The van der Waals surface area contributed by atoms with Gasteiger partial charge in [-0.05, 0) is 80.5 Å². The van der Waals surface area contributed by atoms with Crippen LogP contribution in [0.15, 0.2) is 33.6 Å². The second kappa shape index (κ2) is 6.80. The Morgan fingerprint density at radius 1 is 1.32 bits per heavy atom. The molecule has 1 fully saturated rings. The highest BCUT2D eigenvalue weighted by atomic mass is 35.7. The van der Waals surface area contributed by atoms with Crippen molar-refractivity contribution in [3.8, 4) is 0 Å². The molecular formula is C24H26ClN3O2S. The van der Waals surface area contributed by atoms with Crippen molar-refractivity contribution in [2.24, 2.45) is 5.41 Å². The van der Waals surface area contributed by atoms with E-state index < -0.39 is 10.0 Å². The van der Waals surface area contributed by atoms with Crippen LogP contribution in [0.3, 0.4) is 0 Å². The molecule has 0 aliphatic carbocycles. The summed E-state index contributed by atoms with van der Waals surface area (Å²) in [6.07, 6.45) is 6.91. The van der Waals surface area contributed by atoms with Crippen LogP contribution < -0.4 is 0 Å². The van der Waals surface area contributed by atoms with E-state index in [0.717, 1.165) is 48.6 Å². The summed E-state index contributed by atoms with van der Waals surface area (Å²) >= 11 is 0. The Hall–Kier alpha value is -1.89. The number of piperidine rings is 1. The van der Waals surface area contributed by atoms with Gasteiger partial charge in [0.2, 0.25) is 5.89 Å². The van der Waals surface area contributed by atoms with E-state index in [1.54, 1.807) is 0 Å². The molecule has 0 amide bonds. The SMILES string of the molecule is CC[C@@]12C=C(c3nc(C)c(C)o3)n3c4c(c5ccc(S(=O)Cl)cc53)CCN(CCC1)[C@H]42. The van der Waals surface area contributed by atoms with E-state index in [1.165, 1.54) is 29.5 Å². The fourth-order valence-electron chi connectivity index (χ4n) is 6.15. The third-order valence-corrected chi connectivity index (χ3v) is 8.91. The number of nitrogens with zero attached hydrogens (tertiary/aromatic N) is 3. The maximum absolute atomic E-state index is 12.1. The zero-order valence-corrected chi connectivity index (χ0v) is 19.6. The molecule has 3 atom stereocenters. The van der Waals surface area contributed by atoms with Crippen LogP contribution in [0.4, 0.5) is 0 Å². The molecule has 0 N–H and O–H groups in total. The van der Waals surface area contributed by atoms with E-state index in [2.05, 4.69) is 28.5 Å². The van der Waals surface area contributed by atoms with Gasteiger partial charge < -0.3 is 8.98 Å². The first-order chi connectivity index (χ1) is 14.9. The molecule has 6 rings (SSSR count). The highest BCUT2D eigenvalue weighted by Gasteiger charge is 2.50. The van der Waals surface area contributed by atoms with Gasteiger partial charge in [-0.15, -0.1) is 0 Å². The topological polar surface area (TPSA) is 51.3 Å². The predicted molar refractivity (Wildman–Crippen MR) is 124 cm³/mol. The molecule has 3 aliphatic heterocycles. The van der Waals surface area contributed by atoms with Crippen LogP contribution in [-0.2, 0) is 16.4 Å². The molecule has 1 aromatic carbocycles. The van der Waals surface area contributed by atoms with Crippen LogP contribution in [0.25, 0.3) is 16.6 Å². The molecule has 0 radical (unpaired) electrons. The van der Waals surface area contributed by atoms with Crippen LogP contribution in [0.5, 0.6) is 0 Å². The molecule has 5 nitrogen and oxygen atoms in total. The standard InChI is InChI=1S/C24H26ClN3O2S/c1-4-24-9-5-10-27-11-8-18-17-7-6-16(31(25)29)12-19(17)28(21(18)22(24)27)20(13-24)23-26-14(2)15(3)30-23/h6-7,12-13,22H,4-5,8-11H2,1-3H3/t22-,24+,31?/m1/s1. The number of hydrogen-bond donors (Lipinski definition) is 0. The molecule has 5 heterocycles. The second-order valence-corrected chi connectivity index (χ2v) is 10.9. The summed E-state index contributed by atoms with van der Waals surface area (Å²) < 4.78 is 20.6. The zero-order valence-electron chi connectivity index (χ0n) is 18.1. The first kappa shape index (κ1) is 19.8. The molecule has 1 unspecified atom stereocenters. The largest absolute Gasteiger partial charge is 0.440 e. The summed E-state index contributed by atoms with van der Waals surface area (Å²) in [5.74, 6) is 1.52. The van der Waals surface area contributed by atoms with Gasteiger partial charge in [-0.25, -0.2) is 9.19 Å². The van der Waals surface area contributed by atoms with Crippen LogP contribution in [0.2, 0.25) is 0 Å². The van der Waals surface area contributed by atoms with Crippen molar-refractivity contribution in [2.75, 3.05) is 13.1 Å². The highest BCUT2D eigenvalue weighted by Crippen LogP contribution is 2.57. The summed E-state index contributed by atoms with van der Waals surface area (Å²) in [4.78, 5) is 8.09. The molecule has 3 aliphatic rings. The number of halogens is 1. The molecular weight excluding hydrogens is 430 g/mol. The Morgan fingerprint density at radius 3 is 2.87 bits per heavy atom. The third kappa shape index (κ3) is 2.65. The van der Waals surface area contributed by atoms with Gasteiger partial charge >= 0.3 is 0 Å². The first-order valence-electron chi connectivity index (χ1n) is 11.1. The number of hydrogen-bond acceptors (Lipinski definition) is 4. The number of fused-ring (bicyclic) bond motifs is 3. The lowest BCUT2D eigenvalue weighted by molar-refractivity contribution is 0.0269. The lowest BCUT2D eigenvalue weighted by atomic mass is 9.66. The van der Waals surface area contributed by atoms with Crippen molar-refractivity contribution >= 4 is 37.3 Å². The van der Waals surface area contributed by atoms with Gasteiger partial charge in [-0.1, -0.05) is 13.0 Å². The Labute approximate surface area is 189 Å². The van der Waals surface area contributed by atoms with Crippen molar-refractivity contribution in [1.82, 2.24) is 14.5 Å². The first-order valence-corrected chi connectivity index (χ1v) is 13.1.